The van der Waals surface area contributed by atoms with Gasteiger partial charge in [-0.1, -0.05) is 57.3 Å². The Hall–Kier alpha value is -0.890. The van der Waals surface area contributed by atoms with E-state index in [2.05, 4.69) is 49.9 Å². The molecule has 0 atom stereocenters. The summed E-state index contributed by atoms with van der Waals surface area (Å²) in [4.78, 5) is 3.50. The number of rotatable bonds is 2. The summed E-state index contributed by atoms with van der Waals surface area (Å²) in [5, 5.41) is 0. The van der Waals surface area contributed by atoms with Crippen LogP contribution in [-0.4, -0.2) is 23.0 Å². The Morgan fingerprint density at radius 2 is 1.63 bits per heavy atom. The second kappa shape index (κ2) is 6.04. The smallest absolute Gasteiger partial charge is 0.0823 e. The molecule has 0 unspecified atom stereocenters. The molecule has 0 aromatic heterocycles. The summed E-state index contributed by atoms with van der Waals surface area (Å²) in [5.41, 5.74) is 2.95. The van der Waals surface area contributed by atoms with Crippen molar-refractivity contribution in [1.29, 1.82) is 0 Å². The summed E-state index contributed by atoms with van der Waals surface area (Å²) < 4.78 is 0. The zero-order chi connectivity index (χ0) is 13.9. The maximum absolute atomic E-state index is 5.59. The molecule has 2 rings (SSSR count). The number of nitrogens with zero attached hydrogens (tertiary/aromatic N) is 1. The summed E-state index contributed by atoms with van der Waals surface area (Å²) in [7, 11) is 0. The Labute approximate surface area is 123 Å². The lowest BCUT2D eigenvalue weighted by molar-refractivity contribution is 0.343. The van der Waals surface area contributed by atoms with Crippen molar-refractivity contribution < 1.29 is 0 Å². The molecule has 0 amide bonds. The van der Waals surface area contributed by atoms with E-state index in [1.807, 2.05) is 0 Å². The number of piperidine rings is 1. The van der Waals surface area contributed by atoms with Crippen LogP contribution in [0.1, 0.15) is 51.2 Å². The van der Waals surface area contributed by atoms with E-state index in [1.54, 1.807) is 0 Å². The van der Waals surface area contributed by atoms with Crippen LogP contribution in [0.15, 0.2) is 24.3 Å². The molecule has 1 fully saturated rings. The Balaban J connectivity index is 1.97. The second-order valence-corrected chi connectivity index (χ2v) is 7.04. The van der Waals surface area contributed by atoms with Crippen LogP contribution < -0.4 is 0 Å². The SMILES string of the molecule is CC(C)(C)c1ccc(CC(=S)N2CCCCC2)cc1. The van der Waals surface area contributed by atoms with Crippen molar-refractivity contribution in [3.63, 3.8) is 0 Å². The van der Waals surface area contributed by atoms with Crippen molar-refractivity contribution >= 4 is 17.2 Å². The van der Waals surface area contributed by atoms with Gasteiger partial charge in [0.15, 0.2) is 0 Å². The minimum atomic E-state index is 0.228. The quantitative estimate of drug-likeness (QED) is 0.739. The lowest BCUT2D eigenvalue weighted by Crippen LogP contribution is -2.35. The molecule has 1 heterocycles. The molecule has 0 saturated carbocycles. The van der Waals surface area contributed by atoms with Crippen molar-refractivity contribution in [1.82, 2.24) is 4.90 Å². The molecule has 1 aliphatic rings. The molecule has 1 aromatic rings. The number of thiocarbonyl (C=S) groups is 1. The van der Waals surface area contributed by atoms with Gasteiger partial charge in [0.25, 0.3) is 0 Å². The molecule has 0 aliphatic carbocycles. The van der Waals surface area contributed by atoms with Gasteiger partial charge in [-0.15, -0.1) is 0 Å². The highest BCUT2D eigenvalue weighted by Crippen LogP contribution is 2.22. The number of benzene rings is 1. The Kier molecular flexibility index (Phi) is 4.62. The molecule has 1 aromatic carbocycles. The maximum Gasteiger partial charge on any atom is 0.0823 e. The number of likely N-dealkylation sites (tertiary alicyclic amines) is 1. The summed E-state index contributed by atoms with van der Waals surface area (Å²) in [6.07, 6.45) is 4.87. The van der Waals surface area contributed by atoms with Crippen LogP contribution in [0.5, 0.6) is 0 Å². The molecule has 1 aliphatic heterocycles. The lowest BCUT2D eigenvalue weighted by Gasteiger charge is -2.29. The van der Waals surface area contributed by atoms with E-state index in [4.69, 9.17) is 12.2 Å². The predicted octanol–water partition coefficient (Wildman–Crippen LogP) is 4.34. The molecular formula is C17H25NS. The van der Waals surface area contributed by atoms with Gasteiger partial charge in [0, 0.05) is 19.5 Å². The minimum absolute atomic E-state index is 0.228. The summed E-state index contributed by atoms with van der Waals surface area (Å²) in [6.45, 7) is 9.05. The first kappa shape index (κ1) is 14.5. The predicted molar refractivity (Wildman–Crippen MR) is 86.9 cm³/mol. The fourth-order valence-corrected chi connectivity index (χ4v) is 2.90. The molecule has 0 spiro atoms. The van der Waals surface area contributed by atoms with Crippen LogP contribution in [-0.2, 0) is 11.8 Å². The van der Waals surface area contributed by atoms with Crippen molar-refractivity contribution in [3.05, 3.63) is 35.4 Å². The normalized spacial score (nSPS) is 16.5. The maximum atomic E-state index is 5.59. The molecular weight excluding hydrogens is 250 g/mol. The molecule has 0 radical (unpaired) electrons. The van der Waals surface area contributed by atoms with Gasteiger partial charge in [0.2, 0.25) is 0 Å². The Morgan fingerprint density at radius 1 is 1.05 bits per heavy atom. The average molecular weight is 275 g/mol. The van der Waals surface area contributed by atoms with Crippen molar-refractivity contribution in [2.75, 3.05) is 13.1 Å². The minimum Gasteiger partial charge on any atom is -0.366 e. The third-order valence-electron chi connectivity index (χ3n) is 3.88. The zero-order valence-corrected chi connectivity index (χ0v) is 13.2. The van der Waals surface area contributed by atoms with E-state index in [1.165, 1.54) is 30.4 Å². The van der Waals surface area contributed by atoms with Gasteiger partial charge in [0.1, 0.15) is 0 Å². The van der Waals surface area contributed by atoms with Crippen molar-refractivity contribution in [2.24, 2.45) is 0 Å². The van der Waals surface area contributed by atoms with Crippen LogP contribution in [0.25, 0.3) is 0 Å². The fourth-order valence-electron chi connectivity index (χ4n) is 2.55. The van der Waals surface area contributed by atoms with Gasteiger partial charge < -0.3 is 4.90 Å². The van der Waals surface area contributed by atoms with Crippen LogP contribution in [0.2, 0.25) is 0 Å². The van der Waals surface area contributed by atoms with E-state index in [-0.39, 0.29) is 5.41 Å². The van der Waals surface area contributed by atoms with E-state index in [0.717, 1.165) is 24.5 Å². The van der Waals surface area contributed by atoms with Gasteiger partial charge in [-0.3, -0.25) is 0 Å². The molecule has 104 valence electrons. The van der Waals surface area contributed by atoms with E-state index < -0.39 is 0 Å². The van der Waals surface area contributed by atoms with Gasteiger partial charge >= 0.3 is 0 Å². The first-order chi connectivity index (χ1) is 8.97. The molecule has 2 heteroatoms. The fraction of sp³-hybridized carbons (Fsp3) is 0.588. The molecule has 0 N–H and O–H groups in total. The largest absolute Gasteiger partial charge is 0.366 e. The van der Waals surface area contributed by atoms with E-state index in [0.29, 0.717) is 0 Å². The van der Waals surface area contributed by atoms with Gasteiger partial charge in [-0.2, -0.15) is 0 Å². The van der Waals surface area contributed by atoms with Gasteiger partial charge in [-0.25, -0.2) is 0 Å². The summed E-state index contributed by atoms with van der Waals surface area (Å²) in [5.74, 6) is 0. The zero-order valence-electron chi connectivity index (χ0n) is 12.4. The molecule has 19 heavy (non-hydrogen) atoms. The Morgan fingerprint density at radius 3 is 2.16 bits per heavy atom. The highest BCUT2D eigenvalue weighted by Gasteiger charge is 2.15. The monoisotopic (exact) mass is 275 g/mol. The van der Waals surface area contributed by atoms with Crippen LogP contribution in [0.4, 0.5) is 0 Å². The van der Waals surface area contributed by atoms with E-state index >= 15 is 0 Å². The standard InChI is InChI=1S/C17H25NS/c1-17(2,3)15-9-7-14(8-10-15)13-16(19)18-11-5-4-6-12-18/h7-10H,4-6,11-13H2,1-3H3. The van der Waals surface area contributed by atoms with Crippen molar-refractivity contribution in [3.8, 4) is 0 Å². The highest BCUT2D eigenvalue weighted by atomic mass is 32.1. The number of hydrogen-bond acceptors (Lipinski definition) is 1. The molecule has 0 bridgehead atoms. The first-order valence-corrected chi connectivity index (χ1v) is 7.75. The highest BCUT2D eigenvalue weighted by molar-refractivity contribution is 7.80. The van der Waals surface area contributed by atoms with Crippen LogP contribution in [0, 0.1) is 0 Å². The topological polar surface area (TPSA) is 3.24 Å². The summed E-state index contributed by atoms with van der Waals surface area (Å²) >= 11 is 5.59. The first-order valence-electron chi connectivity index (χ1n) is 7.34. The average Bonchev–Trinajstić information content (AvgIpc) is 2.39. The second-order valence-electron chi connectivity index (χ2n) is 6.57. The van der Waals surface area contributed by atoms with E-state index in [9.17, 15) is 0 Å². The van der Waals surface area contributed by atoms with Crippen LogP contribution >= 0.6 is 12.2 Å². The van der Waals surface area contributed by atoms with Gasteiger partial charge in [-0.05, 0) is 35.8 Å². The van der Waals surface area contributed by atoms with Crippen LogP contribution in [0.3, 0.4) is 0 Å². The van der Waals surface area contributed by atoms with Gasteiger partial charge in [0.05, 0.1) is 4.99 Å². The van der Waals surface area contributed by atoms with Crippen molar-refractivity contribution in [2.45, 2.75) is 51.9 Å². The Bertz CT molecular complexity index is 422. The molecule has 1 saturated heterocycles. The number of hydrogen-bond donors (Lipinski definition) is 0. The third kappa shape index (κ3) is 4.04. The summed E-state index contributed by atoms with van der Waals surface area (Å²) in [6, 6.07) is 8.95. The lowest BCUT2D eigenvalue weighted by atomic mass is 9.86. The third-order valence-corrected chi connectivity index (χ3v) is 4.29. The molecule has 1 nitrogen and oxygen atoms in total.